The third kappa shape index (κ3) is 2.40. The molecule has 0 unspecified atom stereocenters. The van der Waals surface area contributed by atoms with Crippen molar-refractivity contribution in [2.24, 2.45) is 0 Å². The van der Waals surface area contributed by atoms with Crippen molar-refractivity contribution in [1.82, 2.24) is 0 Å². The number of carbonyl (C=O) groups is 1. The van der Waals surface area contributed by atoms with Gasteiger partial charge in [0.1, 0.15) is 0 Å². The largest absolute Gasteiger partial charge is 0.399 e. The van der Waals surface area contributed by atoms with Crippen LogP contribution in [0, 0.1) is 13.8 Å². The van der Waals surface area contributed by atoms with E-state index in [1.54, 1.807) is 0 Å². The summed E-state index contributed by atoms with van der Waals surface area (Å²) < 4.78 is 0. The van der Waals surface area contributed by atoms with Gasteiger partial charge in [-0.25, -0.2) is 0 Å². The molecule has 0 atom stereocenters. The number of anilines is 2. The number of benzene rings is 2. The summed E-state index contributed by atoms with van der Waals surface area (Å²) in [6.07, 6.45) is 1.83. The summed E-state index contributed by atoms with van der Waals surface area (Å²) >= 11 is 0. The van der Waals surface area contributed by atoms with Gasteiger partial charge in [0, 0.05) is 11.4 Å². The smallest absolute Gasteiger partial charge is 0.235 e. The highest BCUT2D eigenvalue weighted by Gasteiger charge is 2.51. The van der Waals surface area contributed by atoms with Gasteiger partial charge in [0.25, 0.3) is 0 Å². The van der Waals surface area contributed by atoms with E-state index in [0.29, 0.717) is 0 Å². The molecule has 1 saturated carbocycles. The lowest BCUT2D eigenvalue weighted by Crippen LogP contribution is -2.28. The van der Waals surface area contributed by atoms with Crippen LogP contribution < -0.4 is 11.1 Å². The van der Waals surface area contributed by atoms with Crippen LogP contribution in [0.15, 0.2) is 42.5 Å². The Morgan fingerprint density at radius 2 is 1.76 bits per heavy atom. The van der Waals surface area contributed by atoms with E-state index in [9.17, 15) is 4.79 Å². The van der Waals surface area contributed by atoms with Gasteiger partial charge in [-0.05, 0) is 55.5 Å². The van der Waals surface area contributed by atoms with Crippen molar-refractivity contribution in [2.75, 3.05) is 11.1 Å². The zero-order chi connectivity index (χ0) is 15.0. The summed E-state index contributed by atoms with van der Waals surface area (Å²) in [5.41, 5.74) is 10.3. The molecule has 2 aromatic rings. The zero-order valence-electron chi connectivity index (χ0n) is 12.4. The second-order valence-corrected chi connectivity index (χ2v) is 5.93. The number of rotatable bonds is 3. The number of amides is 1. The van der Waals surface area contributed by atoms with E-state index in [1.807, 2.05) is 56.3 Å². The van der Waals surface area contributed by atoms with E-state index in [2.05, 4.69) is 5.32 Å². The normalized spacial score (nSPS) is 15.5. The monoisotopic (exact) mass is 280 g/mol. The van der Waals surface area contributed by atoms with Crippen LogP contribution in [0.25, 0.3) is 0 Å². The molecule has 1 fully saturated rings. The number of nitrogens with one attached hydrogen (secondary N) is 1. The number of aryl methyl sites for hydroxylation is 2. The van der Waals surface area contributed by atoms with Crippen molar-refractivity contribution in [1.29, 1.82) is 0 Å². The fraction of sp³-hybridized carbons (Fsp3) is 0.278. The van der Waals surface area contributed by atoms with E-state index in [1.165, 1.54) is 0 Å². The Morgan fingerprint density at radius 3 is 2.38 bits per heavy atom. The highest BCUT2D eigenvalue weighted by atomic mass is 16.2. The number of hydrogen-bond acceptors (Lipinski definition) is 2. The molecule has 0 spiro atoms. The van der Waals surface area contributed by atoms with Gasteiger partial charge in [-0.1, -0.05) is 30.3 Å². The van der Waals surface area contributed by atoms with Crippen LogP contribution in [0.4, 0.5) is 11.4 Å². The van der Waals surface area contributed by atoms with Crippen LogP contribution in [0.2, 0.25) is 0 Å². The molecule has 0 heterocycles. The molecule has 2 aromatic carbocycles. The molecule has 108 valence electrons. The molecule has 0 radical (unpaired) electrons. The zero-order valence-corrected chi connectivity index (χ0v) is 12.4. The first kappa shape index (κ1) is 13.7. The Kier molecular flexibility index (Phi) is 3.20. The van der Waals surface area contributed by atoms with Crippen molar-refractivity contribution in [3.63, 3.8) is 0 Å². The Bertz CT molecular complexity index is 688. The van der Waals surface area contributed by atoms with Gasteiger partial charge in [-0.15, -0.1) is 0 Å². The molecule has 0 bridgehead atoms. The quantitative estimate of drug-likeness (QED) is 0.845. The van der Waals surface area contributed by atoms with Crippen LogP contribution in [0.5, 0.6) is 0 Å². The molecule has 1 amide bonds. The molecule has 3 rings (SSSR count). The van der Waals surface area contributed by atoms with Gasteiger partial charge in [0.15, 0.2) is 0 Å². The van der Waals surface area contributed by atoms with Crippen molar-refractivity contribution >= 4 is 17.3 Å². The highest BCUT2D eigenvalue weighted by molar-refractivity contribution is 6.02. The molecule has 1 aliphatic carbocycles. The van der Waals surface area contributed by atoms with Crippen LogP contribution in [0.1, 0.15) is 29.5 Å². The molecule has 3 N–H and O–H groups in total. The Morgan fingerprint density at radius 1 is 1.10 bits per heavy atom. The maximum atomic E-state index is 12.7. The van der Waals surface area contributed by atoms with E-state index in [-0.39, 0.29) is 11.3 Å². The summed E-state index contributed by atoms with van der Waals surface area (Å²) in [6.45, 7) is 3.92. The number of hydrogen-bond donors (Lipinski definition) is 2. The van der Waals surface area contributed by atoms with E-state index < -0.39 is 0 Å². The Hall–Kier alpha value is -2.29. The number of carbonyl (C=O) groups excluding carboxylic acids is 1. The molecular weight excluding hydrogens is 260 g/mol. The molecule has 1 aliphatic rings. The van der Waals surface area contributed by atoms with Crippen LogP contribution >= 0.6 is 0 Å². The standard InChI is InChI=1S/C18H20N2O/c1-12-11-16(13(2)10-15(12)19)20-17(21)18(8-9-18)14-6-4-3-5-7-14/h3-7,10-11H,8-9,19H2,1-2H3,(H,20,21). The molecule has 0 aliphatic heterocycles. The predicted octanol–water partition coefficient (Wildman–Crippen LogP) is 3.56. The summed E-state index contributed by atoms with van der Waals surface area (Å²) in [6, 6.07) is 13.9. The van der Waals surface area contributed by atoms with Crippen molar-refractivity contribution in [3.05, 3.63) is 59.2 Å². The van der Waals surface area contributed by atoms with Crippen LogP contribution in [-0.4, -0.2) is 5.91 Å². The Labute approximate surface area is 125 Å². The first-order chi connectivity index (χ1) is 10.0. The minimum absolute atomic E-state index is 0.0842. The fourth-order valence-electron chi connectivity index (χ4n) is 2.74. The second kappa shape index (κ2) is 4.92. The van der Waals surface area contributed by atoms with Crippen molar-refractivity contribution in [2.45, 2.75) is 32.1 Å². The van der Waals surface area contributed by atoms with Gasteiger partial charge in [-0.3, -0.25) is 4.79 Å². The third-order valence-corrected chi connectivity index (χ3v) is 4.37. The molecule has 3 heteroatoms. The number of nitrogen functional groups attached to an aromatic ring is 1. The molecule has 21 heavy (non-hydrogen) atoms. The van der Waals surface area contributed by atoms with E-state index >= 15 is 0 Å². The van der Waals surface area contributed by atoms with Gasteiger partial charge >= 0.3 is 0 Å². The van der Waals surface area contributed by atoms with Crippen molar-refractivity contribution in [3.8, 4) is 0 Å². The molecule has 3 nitrogen and oxygen atoms in total. The SMILES string of the molecule is Cc1cc(NC(=O)C2(c3ccccc3)CC2)c(C)cc1N. The average Bonchev–Trinajstić information content (AvgIpc) is 3.27. The second-order valence-electron chi connectivity index (χ2n) is 5.93. The van der Waals surface area contributed by atoms with Gasteiger partial charge in [0.05, 0.1) is 5.41 Å². The highest BCUT2D eigenvalue weighted by Crippen LogP contribution is 2.49. The van der Waals surface area contributed by atoms with Crippen molar-refractivity contribution < 1.29 is 4.79 Å². The van der Waals surface area contributed by atoms with E-state index in [4.69, 9.17) is 5.73 Å². The maximum Gasteiger partial charge on any atom is 0.235 e. The lowest BCUT2D eigenvalue weighted by molar-refractivity contribution is -0.118. The summed E-state index contributed by atoms with van der Waals surface area (Å²) in [5, 5.41) is 3.09. The van der Waals surface area contributed by atoms with E-state index in [0.717, 1.165) is 40.9 Å². The van der Waals surface area contributed by atoms with Gasteiger partial charge in [0.2, 0.25) is 5.91 Å². The summed E-state index contributed by atoms with van der Waals surface area (Å²) in [4.78, 5) is 12.7. The average molecular weight is 280 g/mol. The van der Waals surface area contributed by atoms with Crippen LogP contribution in [0.3, 0.4) is 0 Å². The molecule has 0 aromatic heterocycles. The fourth-order valence-corrected chi connectivity index (χ4v) is 2.74. The van der Waals surface area contributed by atoms with Crippen LogP contribution in [-0.2, 0) is 10.2 Å². The molecular formula is C18H20N2O. The minimum atomic E-state index is -0.344. The first-order valence-electron chi connectivity index (χ1n) is 7.27. The van der Waals surface area contributed by atoms with Gasteiger partial charge < -0.3 is 11.1 Å². The number of nitrogens with two attached hydrogens (primary N) is 1. The minimum Gasteiger partial charge on any atom is -0.399 e. The summed E-state index contributed by atoms with van der Waals surface area (Å²) in [7, 11) is 0. The van der Waals surface area contributed by atoms with Gasteiger partial charge in [-0.2, -0.15) is 0 Å². The lowest BCUT2D eigenvalue weighted by atomic mass is 9.94. The summed E-state index contributed by atoms with van der Waals surface area (Å²) in [5.74, 6) is 0.0842. The molecule has 0 saturated heterocycles. The maximum absolute atomic E-state index is 12.7. The lowest BCUT2D eigenvalue weighted by Gasteiger charge is -2.17. The predicted molar refractivity (Wildman–Crippen MR) is 86.3 cm³/mol. The third-order valence-electron chi connectivity index (χ3n) is 4.37. The first-order valence-corrected chi connectivity index (χ1v) is 7.27. The Balaban J connectivity index is 1.86. The topological polar surface area (TPSA) is 55.1 Å².